The van der Waals surface area contributed by atoms with Crippen molar-refractivity contribution in [2.45, 2.75) is 30.6 Å². The first-order valence-corrected chi connectivity index (χ1v) is 11.0. The molecular formula is C21H19N5O2S. The van der Waals surface area contributed by atoms with Crippen molar-refractivity contribution in [2.75, 3.05) is 0 Å². The molecule has 0 atom stereocenters. The number of allylic oxidation sites excluding steroid dienone is 2. The van der Waals surface area contributed by atoms with Crippen LogP contribution in [-0.4, -0.2) is 32.6 Å². The Morgan fingerprint density at radius 1 is 1.07 bits per heavy atom. The van der Waals surface area contributed by atoms with Crippen LogP contribution in [0.1, 0.15) is 31.4 Å². The summed E-state index contributed by atoms with van der Waals surface area (Å²) in [5.74, 6) is 0. The van der Waals surface area contributed by atoms with Gasteiger partial charge in [0.1, 0.15) is 5.52 Å². The van der Waals surface area contributed by atoms with Gasteiger partial charge < -0.3 is 0 Å². The lowest BCUT2D eigenvalue weighted by molar-refractivity contribution is 0.589. The maximum absolute atomic E-state index is 13.3. The molecule has 1 N–H and O–H groups in total. The maximum Gasteiger partial charge on any atom is 0.269 e. The van der Waals surface area contributed by atoms with E-state index in [1.54, 1.807) is 55.1 Å². The normalized spacial score (nSPS) is 14.8. The molecule has 5 rings (SSSR count). The largest absolute Gasteiger partial charge is 0.285 e. The molecule has 0 saturated carbocycles. The fraction of sp³-hybridized carbons (Fsp3) is 0.190. The molecule has 8 heteroatoms. The van der Waals surface area contributed by atoms with E-state index in [0.29, 0.717) is 16.7 Å². The van der Waals surface area contributed by atoms with Gasteiger partial charge in [0.25, 0.3) is 10.0 Å². The van der Waals surface area contributed by atoms with Crippen molar-refractivity contribution in [2.24, 2.45) is 0 Å². The number of hydrogen-bond donors (Lipinski definition) is 1. The predicted molar refractivity (Wildman–Crippen MR) is 111 cm³/mol. The minimum atomic E-state index is -3.80. The molecule has 3 heterocycles. The molecule has 29 heavy (non-hydrogen) atoms. The highest BCUT2D eigenvalue weighted by atomic mass is 32.2. The summed E-state index contributed by atoms with van der Waals surface area (Å²) >= 11 is 0. The summed E-state index contributed by atoms with van der Waals surface area (Å²) in [5.41, 5.74) is 4.28. The number of aromatic amines is 1. The molecule has 1 aromatic carbocycles. The van der Waals surface area contributed by atoms with E-state index in [2.05, 4.69) is 21.3 Å². The first-order chi connectivity index (χ1) is 14.1. The molecule has 146 valence electrons. The zero-order valence-electron chi connectivity index (χ0n) is 15.6. The molecule has 0 spiro atoms. The Bertz CT molecular complexity index is 1310. The van der Waals surface area contributed by atoms with Crippen LogP contribution in [-0.2, 0) is 10.0 Å². The Labute approximate surface area is 168 Å². The Morgan fingerprint density at radius 2 is 1.93 bits per heavy atom. The van der Waals surface area contributed by atoms with E-state index in [-0.39, 0.29) is 4.90 Å². The van der Waals surface area contributed by atoms with Crippen molar-refractivity contribution < 1.29 is 8.42 Å². The van der Waals surface area contributed by atoms with Crippen LogP contribution in [0.3, 0.4) is 0 Å². The molecule has 3 aromatic heterocycles. The summed E-state index contributed by atoms with van der Waals surface area (Å²) in [5, 5.41) is 6.79. The molecule has 0 fully saturated rings. The lowest BCUT2D eigenvalue weighted by Gasteiger charge is -2.12. The highest BCUT2D eigenvalue weighted by Gasteiger charge is 2.24. The molecule has 1 aliphatic rings. The second-order valence-corrected chi connectivity index (χ2v) is 8.86. The maximum atomic E-state index is 13.3. The van der Waals surface area contributed by atoms with Crippen LogP contribution in [0.2, 0.25) is 0 Å². The number of fused-ring (bicyclic) bond motifs is 1. The lowest BCUT2D eigenvalue weighted by atomic mass is 9.97. The van der Waals surface area contributed by atoms with Crippen molar-refractivity contribution in [3.8, 4) is 11.1 Å². The Morgan fingerprint density at radius 3 is 2.66 bits per heavy atom. The van der Waals surface area contributed by atoms with Gasteiger partial charge in [-0.3, -0.25) is 5.10 Å². The summed E-state index contributed by atoms with van der Waals surface area (Å²) in [6.07, 6.45) is 13.2. The number of nitrogens with zero attached hydrogens (tertiary/aromatic N) is 4. The fourth-order valence-electron chi connectivity index (χ4n) is 3.69. The Balaban J connectivity index is 1.75. The van der Waals surface area contributed by atoms with Crippen LogP contribution < -0.4 is 0 Å². The van der Waals surface area contributed by atoms with Crippen LogP contribution in [0.5, 0.6) is 0 Å². The van der Waals surface area contributed by atoms with Crippen molar-refractivity contribution in [1.82, 2.24) is 24.1 Å². The predicted octanol–water partition coefficient (Wildman–Crippen LogP) is 4.02. The minimum Gasteiger partial charge on any atom is -0.285 e. The molecule has 0 aliphatic heterocycles. The first kappa shape index (κ1) is 17.8. The number of benzene rings is 1. The molecule has 0 saturated heterocycles. The van der Waals surface area contributed by atoms with Crippen molar-refractivity contribution >= 4 is 26.8 Å². The molecule has 0 amide bonds. The van der Waals surface area contributed by atoms with Gasteiger partial charge in [-0.2, -0.15) is 5.10 Å². The third-order valence-corrected chi connectivity index (χ3v) is 6.86. The quantitative estimate of drug-likeness (QED) is 0.553. The average Bonchev–Trinajstić information content (AvgIpc) is 3.42. The van der Waals surface area contributed by atoms with Crippen molar-refractivity contribution in [1.29, 1.82) is 0 Å². The summed E-state index contributed by atoms with van der Waals surface area (Å²) in [6, 6.07) is 8.35. The van der Waals surface area contributed by atoms with Gasteiger partial charge in [-0.15, -0.1) is 0 Å². The van der Waals surface area contributed by atoms with E-state index in [1.165, 1.54) is 16.0 Å². The van der Waals surface area contributed by atoms with E-state index in [4.69, 9.17) is 4.98 Å². The van der Waals surface area contributed by atoms with Gasteiger partial charge in [0.2, 0.25) is 0 Å². The zero-order chi connectivity index (χ0) is 19.8. The highest BCUT2D eigenvalue weighted by molar-refractivity contribution is 7.90. The van der Waals surface area contributed by atoms with Crippen LogP contribution in [0, 0.1) is 0 Å². The SMILES string of the molecule is O=S(=O)(c1ccccc1)n1cc(-c2cn[nH]c2)c2nc(C3=CCCCC3)cnc21. The van der Waals surface area contributed by atoms with E-state index in [1.807, 2.05) is 0 Å². The number of aromatic nitrogens is 5. The van der Waals surface area contributed by atoms with Gasteiger partial charge in [0, 0.05) is 23.5 Å². The molecule has 7 nitrogen and oxygen atoms in total. The summed E-state index contributed by atoms with van der Waals surface area (Å²) < 4.78 is 27.8. The van der Waals surface area contributed by atoms with Gasteiger partial charge >= 0.3 is 0 Å². The fourth-order valence-corrected chi connectivity index (χ4v) is 5.02. The van der Waals surface area contributed by atoms with Crippen LogP contribution in [0.25, 0.3) is 27.9 Å². The summed E-state index contributed by atoms with van der Waals surface area (Å²) in [7, 11) is -3.80. The molecule has 4 aromatic rings. The zero-order valence-corrected chi connectivity index (χ0v) is 16.4. The number of nitrogens with one attached hydrogen (secondary N) is 1. The van der Waals surface area contributed by atoms with E-state index < -0.39 is 10.0 Å². The van der Waals surface area contributed by atoms with Gasteiger partial charge in [-0.25, -0.2) is 22.4 Å². The average molecular weight is 405 g/mol. The minimum absolute atomic E-state index is 0.205. The van der Waals surface area contributed by atoms with Crippen molar-refractivity contribution in [3.05, 3.63) is 66.9 Å². The van der Waals surface area contributed by atoms with Crippen LogP contribution in [0.15, 0.2) is 66.1 Å². The van der Waals surface area contributed by atoms with Crippen molar-refractivity contribution in [3.63, 3.8) is 0 Å². The summed E-state index contributed by atoms with van der Waals surface area (Å²) in [6.45, 7) is 0. The number of rotatable bonds is 4. The second kappa shape index (κ2) is 6.97. The van der Waals surface area contributed by atoms with Gasteiger partial charge in [0.15, 0.2) is 5.65 Å². The van der Waals surface area contributed by atoms with E-state index >= 15 is 0 Å². The molecule has 0 radical (unpaired) electrons. The third-order valence-electron chi connectivity index (χ3n) is 5.19. The second-order valence-electron chi connectivity index (χ2n) is 7.05. The highest BCUT2D eigenvalue weighted by Crippen LogP contribution is 2.32. The van der Waals surface area contributed by atoms with Gasteiger partial charge in [-0.05, 0) is 43.4 Å². The molecular weight excluding hydrogens is 386 g/mol. The lowest BCUT2D eigenvalue weighted by Crippen LogP contribution is -2.12. The van der Waals surface area contributed by atoms with Gasteiger partial charge in [-0.1, -0.05) is 24.3 Å². The van der Waals surface area contributed by atoms with Gasteiger partial charge in [0.05, 0.1) is 23.0 Å². The topological polar surface area (TPSA) is 93.5 Å². The molecule has 1 aliphatic carbocycles. The number of H-pyrrole nitrogens is 1. The molecule has 0 unspecified atom stereocenters. The monoisotopic (exact) mass is 405 g/mol. The third kappa shape index (κ3) is 3.05. The van der Waals surface area contributed by atoms with Crippen LogP contribution in [0.4, 0.5) is 0 Å². The van der Waals surface area contributed by atoms with E-state index in [0.717, 1.165) is 30.5 Å². The van der Waals surface area contributed by atoms with E-state index in [9.17, 15) is 8.42 Å². The standard InChI is InChI=1S/C21H19N5O2S/c27-29(28,17-9-5-2-6-10-17)26-14-18(16-11-23-24-12-16)20-21(26)22-13-19(25-20)15-7-3-1-4-8-15/h2,5-7,9-14H,1,3-4,8H2,(H,23,24). The summed E-state index contributed by atoms with van der Waals surface area (Å²) in [4.78, 5) is 9.56. The first-order valence-electron chi connectivity index (χ1n) is 9.52. The number of hydrogen-bond acceptors (Lipinski definition) is 5. The molecule has 0 bridgehead atoms. The smallest absolute Gasteiger partial charge is 0.269 e. The van der Waals surface area contributed by atoms with Crippen LogP contribution >= 0.6 is 0 Å². The Hall–Kier alpha value is -3.26. The Kier molecular flexibility index (Phi) is 4.28.